The van der Waals surface area contributed by atoms with Gasteiger partial charge in [0, 0.05) is 13.1 Å². The highest BCUT2D eigenvalue weighted by Gasteiger charge is 2.13. The lowest BCUT2D eigenvalue weighted by molar-refractivity contribution is 0.0734. The summed E-state index contributed by atoms with van der Waals surface area (Å²) >= 11 is 0. The Morgan fingerprint density at radius 1 is 0.815 bits per heavy atom. The number of nitrogens with zero attached hydrogens (tertiary/aromatic N) is 1. The summed E-state index contributed by atoms with van der Waals surface area (Å²) in [5.74, 6) is 0.398. The fourth-order valence-corrected chi connectivity index (χ4v) is 2.58. The quantitative estimate of drug-likeness (QED) is 0.480. The van der Waals surface area contributed by atoms with Crippen molar-refractivity contribution in [2.75, 3.05) is 13.1 Å². The van der Waals surface area contributed by atoms with Gasteiger partial charge in [-0.3, -0.25) is 0 Å². The van der Waals surface area contributed by atoms with E-state index in [-0.39, 0.29) is 0 Å². The minimum Gasteiger partial charge on any atom is -0.423 e. The van der Waals surface area contributed by atoms with E-state index in [2.05, 4.69) is 6.92 Å². The number of benzene rings is 2. The van der Waals surface area contributed by atoms with Gasteiger partial charge in [-0.15, -0.1) is 0 Å². The number of carbonyl (C=O) groups is 2. The maximum atomic E-state index is 12.3. The number of aryl methyl sites for hydroxylation is 1. The molecule has 0 unspecified atom stereocenters. The van der Waals surface area contributed by atoms with Gasteiger partial charge in [-0.25, -0.2) is 9.59 Å². The number of ether oxygens (including phenoxy) is 2. The minimum atomic E-state index is -0.412. The molecule has 0 saturated carbocycles. The average molecular weight is 369 g/mol. The molecule has 2 rings (SSSR count). The van der Waals surface area contributed by atoms with E-state index < -0.39 is 12.1 Å². The summed E-state index contributed by atoms with van der Waals surface area (Å²) in [5.41, 5.74) is 1.72. The molecule has 2 aromatic carbocycles. The van der Waals surface area contributed by atoms with E-state index in [4.69, 9.17) is 9.47 Å². The fraction of sp³-hybridized carbons (Fsp3) is 0.364. The molecule has 2 aromatic rings. The topological polar surface area (TPSA) is 55.8 Å². The van der Waals surface area contributed by atoms with Gasteiger partial charge in [0.25, 0.3) is 0 Å². The third kappa shape index (κ3) is 6.13. The Labute approximate surface area is 160 Å². The summed E-state index contributed by atoms with van der Waals surface area (Å²) in [7, 11) is 0. The lowest BCUT2D eigenvalue weighted by Crippen LogP contribution is -2.33. The van der Waals surface area contributed by atoms with Gasteiger partial charge in [-0.1, -0.05) is 25.5 Å². The third-order valence-electron chi connectivity index (χ3n) is 4.27. The fourth-order valence-electron chi connectivity index (χ4n) is 2.58. The molecule has 0 spiro atoms. The Hall–Kier alpha value is -2.82. The molecule has 27 heavy (non-hydrogen) atoms. The van der Waals surface area contributed by atoms with Crippen LogP contribution in [0.2, 0.25) is 0 Å². The van der Waals surface area contributed by atoms with Crippen LogP contribution in [0.15, 0.2) is 48.5 Å². The number of hydrogen-bond donors (Lipinski definition) is 0. The van der Waals surface area contributed by atoms with Crippen LogP contribution in [-0.2, 0) is 6.42 Å². The Kier molecular flexibility index (Phi) is 7.86. The van der Waals surface area contributed by atoms with Crippen molar-refractivity contribution in [2.45, 2.75) is 40.0 Å². The summed E-state index contributed by atoms with van der Waals surface area (Å²) in [6.07, 6.45) is 2.89. The molecule has 0 saturated heterocycles. The van der Waals surface area contributed by atoms with Crippen LogP contribution in [0.1, 0.15) is 49.5 Å². The monoisotopic (exact) mass is 369 g/mol. The molecule has 0 fully saturated rings. The highest BCUT2D eigenvalue weighted by molar-refractivity contribution is 5.91. The highest BCUT2D eigenvalue weighted by Crippen LogP contribution is 2.20. The van der Waals surface area contributed by atoms with Crippen LogP contribution in [0.25, 0.3) is 0 Å². The molecule has 144 valence electrons. The molecule has 5 heteroatoms. The number of amides is 1. The van der Waals surface area contributed by atoms with Crippen molar-refractivity contribution in [2.24, 2.45) is 0 Å². The lowest BCUT2D eigenvalue weighted by Gasteiger charge is -2.17. The highest BCUT2D eigenvalue weighted by atomic mass is 16.6. The number of esters is 1. The predicted octanol–water partition coefficient (Wildman–Crippen LogP) is 5.09. The summed E-state index contributed by atoms with van der Waals surface area (Å²) in [6, 6.07) is 13.9. The molecular weight excluding hydrogens is 342 g/mol. The van der Waals surface area contributed by atoms with Crippen molar-refractivity contribution in [3.05, 3.63) is 59.7 Å². The SMILES string of the molecule is CCCCc1ccc(C(=O)Oc2ccc(OC(=O)N(CC)CC)cc2)cc1. The molecule has 0 N–H and O–H groups in total. The Balaban J connectivity index is 1.93. The van der Waals surface area contributed by atoms with E-state index in [0.717, 1.165) is 19.3 Å². The predicted molar refractivity (Wildman–Crippen MR) is 105 cm³/mol. The first-order valence-electron chi connectivity index (χ1n) is 9.45. The van der Waals surface area contributed by atoms with E-state index in [1.807, 2.05) is 26.0 Å². The molecule has 0 aromatic heterocycles. The maximum absolute atomic E-state index is 12.3. The standard InChI is InChI=1S/C22H27NO4/c1-4-7-8-17-9-11-18(12-10-17)21(24)26-19-13-15-20(16-14-19)27-22(25)23(5-2)6-3/h9-16H,4-8H2,1-3H3. The van der Waals surface area contributed by atoms with E-state index >= 15 is 0 Å². The first-order chi connectivity index (χ1) is 13.1. The lowest BCUT2D eigenvalue weighted by atomic mass is 10.1. The van der Waals surface area contributed by atoms with Crippen LogP contribution < -0.4 is 9.47 Å². The van der Waals surface area contributed by atoms with E-state index in [1.165, 1.54) is 5.56 Å². The van der Waals surface area contributed by atoms with Crippen molar-refractivity contribution in [1.82, 2.24) is 4.90 Å². The second kappa shape index (κ2) is 10.4. The van der Waals surface area contributed by atoms with Gasteiger partial charge in [0.1, 0.15) is 11.5 Å². The second-order valence-corrected chi connectivity index (χ2v) is 6.20. The second-order valence-electron chi connectivity index (χ2n) is 6.20. The number of hydrogen-bond acceptors (Lipinski definition) is 4. The molecule has 0 atom stereocenters. The molecular formula is C22H27NO4. The zero-order valence-electron chi connectivity index (χ0n) is 16.2. The van der Waals surface area contributed by atoms with Gasteiger partial charge in [-0.05, 0) is 68.7 Å². The number of rotatable bonds is 8. The zero-order chi connectivity index (χ0) is 19.6. The molecule has 0 bridgehead atoms. The number of unbranched alkanes of at least 4 members (excludes halogenated alkanes) is 1. The summed E-state index contributed by atoms with van der Waals surface area (Å²) in [4.78, 5) is 25.8. The molecule has 5 nitrogen and oxygen atoms in total. The first-order valence-corrected chi connectivity index (χ1v) is 9.45. The van der Waals surface area contributed by atoms with Gasteiger partial charge >= 0.3 is 12.1 Å². The third-order valence-corrected chi connectivity index (χ3v) is 4.27. The molecule has 0 aliphatic heterocycles. The van der Waals surface area contributed by atoms with Crippen LogP contribution in [0.4, 0.5) is 4.79 Å². The maximum Gasteiger partial charge on any atom is 0.415 e. The summed E-state index contributed by atoms with van der Waals surface area (Å²) in [5, 5.41) is 0. The van der Waals surface area contributed by atoms with E-state index in [0.29, 0.717) is 30.2 Å². The van der Waals surface area contributed by atoms with E-state index in [1.54, 1.807) is 41.3 Å². The van der Waals surface area contributed by atoms with Crippen LogP contribution in [0.3, 0.4) is 0 Å². The summed E-state index contributed by atoms with van der Waals surface area (Å²) in [6.45, 7) is 7.11. The smallest absolute Gasteiger partial charge is 0.415 e. The van der Waals surface area contributed by atoms with Gasteiger partial charge in [0.2, 0.25) is 0 Å². The van der Waals surface area contributed by atoms with Crippen molar-refractivity contribution in [3.63, 3.8) is 0 Å². The summed E-state index contributed by atoms with van der Waals surface area (Å²) < 4.78 is 10.7. The largest absolute Gasteiger partial charge is 0.423 e. The van der Waals surface area contributed by atoms with Crippen molar-refractivity contribution >= 4 is 12.1 Å². The van der Waals surface area contributed by atoms with E-state index in [9.17, 15) is 9.59 Å². The Morgan fingerprint density at radius 2 is 1.37 bits per heavy atom. The Bertz CT molecular complexity index is 734. The first kappa shape index (κ1) is 20.5. The number of carbonyl (C=O) groups excluding carboxylic acids is 2. The average Bonchev–Trinajstić information content (AvgIpc) is 2.69. The zero-order valence-corrected chi connectivity index (χ0v) is 16.2. The minimum absolute atomic E-state index is 0.395. The van der Waals surface area contributed by atoms with Crippen LogP contribution in [-0.4, -0.2) is 30.1 Å². The van der Waals surface area contributed by atoms with Gasteiger partial charge in [-0.2, -0.15) is 0 Å². The normalized spacial score (nSPS) is 10.3. The van der Waals surface area contributed by atoms with Crippen LogP contribution in [0.5, 0.6) is 11.5 Å². The molecule has 0 aliphatic rings. The van der Waals surface area contributed by atoms with Crippen molar-refractivity contribution in [3.8, 4) is 11.5 Å². The Morgan fingerprint density at radius 3 is 1.89 bits per heavy atom. The van der Waals surface area contributed by atoms with Gasteiger partial charge < -0.3 is 14.4 Å². The molecule has 0 aliphatic carbocycles. The molecule has 0 radical (unpaired) electrons. The van der Waals surface area contributed by atoms with Gasteiger partial charge in [0.05, 0.1) is 5.56 Å². The molecule has 1 amide bonds. The molecule has 0 heterocycles. The van der Waals surface area contributed by atoms with Crippen molar-refractivity contribution < 1.29 is 19.1 Å². The van der Waals surface area contributed by atoms with Gasteiger partial charge in [0.15, 0.2) is 0 Å². The van der Waals surface area contributed by atoms with Crippen molar-refractivity contribution in [1.29, 1.82) is 0 Å². The van der Waals surface area contributed by atoms with Crippen LogP contribution >= 0.6 is 0 Å². The van der Waals surface area contributed by atoms with Crippen LogP contribution in [0, 0.1) is 0 Å².